The van der Waals surface area contributed by atoms with Crippen LogP contribution in [0, 0.1) is 5.92 Å². The maximum Gasteiger partial charge on any atom is 0.253 e. The molecule has 2 aliphatic heterocycles. The van der Waals surface area contributed by atoms with E-state index < -0.39 is 10.0 Å². The Labute approximate surface area is 166 Å². The molecule has 7 heteroatoms. The van der Waals surface area contributed by atoms with Crippen molar-refractivity contribution in [3.63, 3.8) is 0 Å². The minimum atomic E-state index is -3.29. The van der Waals surface area contributed by atoms with Gasteiger partial charge in [0.05, 0.1) is 11.9 Å². The second-order valence-electron chi connectivity index (χ2n) is 7.65. The molecule has 2 atom stereocenters. The second-order valence-corrected chi connectivity index (χ2v) is 9.56. The average Bonchev–Trinajstić information content (AvgIpc) is 3.31. The number of sulfonamides is 1. The van der Waals surface area contributed by atoms with Crippen molar-refractivity contribution in [1.29, 1.82) is 0 Å². The van der Waals surface area contributed by atoms with Crippen molar-refractivity contribution in [2.24, 2.45) is 11.7 Å². The van der Waals surface area contributed by atoms with Crippen LogP contribution in [0.2, 0.25) is 0 Å². The monoisotopic (exact) mass is 399 g/mol. The number of anilines is 1. The van der Waals surface area contributed by atoms with Gasteiger partial charge in [-0.15, -0.1) is 0 Å². The molecule has 4 rings (SSSR count). The van der Waals surface area contributed by atoms with E-state index in [1.165, 1.54) is 16.1 Å². The van der Waals surface area contributed by atoms with Gasteiger partial charge in [0.15, 0.2) is 0 Å². The number of carbonyl (C=O) groups excluding carboxylic acids is 1. The van der Waals surface area contributed by atoms with E-state index in [0.717, 1.165) is 5.56 Å². The van der Waals surface area contributed by atoms with E-state index >= 15 is 0 Å². The van der Waals surface area contributed by atoms with Gasteiger partial charge in [-0.3, -0.25) is 9.10 Å². The number of benzene rings is 2. The van der Waals surface area contributed by atoms with Gasteiger partial charge >= 0.3 is 0 Å². The summed E-state index contributed by atoms with van der Waals surface area (Å²) in [7, 11) is -3.29. The van der Waals surface area contributed by atoms with E-state index in [0.29, 0.717) is 43.9 Å². The van der Waals surface area contributed by atoms with E-state index in [9.17, 15) is 13.2 Å². The van der Waals surface area contributed by atoms with E-state index in [1.807, 2.05) is 29.2 Å². The molecule has 2 N–H and O–H groups in total. The van der Waals surface area contributed by atoms with Crippen molar-refractivity contribution in [2.75, 3.05) is 36.7 Å². The Bertz CT molecular complexity index is 991. The first kappa shape index (κ1) is 19.0. The minimum Gasteiger partial charge on any atom is -0.338 e. The lowest BCUT2D eigenvalue weighted by Gasteiger charge is -2.19. The number of carbonyl (C=O) groups is 1. The molecule has 1 saturated heterocycles. The third-order valence-corrected chi connectivity index (χ3v) is 7.02. The lowest BCUT2D eigenvalue weighted by Crippen LogP contribution is -2.30. The molecule has 2 heterocycles. The molecule has 0 saturated carbocycles. The van der Waals surface area contributed by atoms with E-state index in [2.05, 4.69) is 12.1 Å². The van der Waals surface area contributed by atoms with Gasteiger partial charge in [0, 0.05) is 31.1 Å². The summed E-state index contributed by atoms with van der Waals surface area (Å²) in [4.78, 5) is 15.0. The highest BCUT2D eigenvalue weighted by Gasteiger charge is 2.36. The molecule has 1 amide bonds. The molecule has 0 unspecified atom stereocenters. The van der Waals surface area contributed by atoms with Crippen LogP contribution in [0.3, 0.4) is 0 Å². The maximum atomic E-state index is 13.1. The largest absolute Gasteiger partial charge is 0.338 e. The highest BCUT2D eigenvalue weighted by molar-refractivity contribution is 7.92. The second kappa shape index (κ2) is 7.22. The zero-order chi connectivity index (χ0) is 19.9. The van der Waals surface area contributed by atoms with Crippen LogP contribution < -0.4 is 10.0 Å². The summed E-state index contributed by atoms with van der Waals surface area (Å²) in [5, 5.41) is 0. The van der Waals surface area contributed by atoms with Crippen LogP contribution in [0.1, 0.15) is 27.4 Å². The van der Waals surface area contributed by atoms with Gasteiger partial charge in [0.25, 0.3) is 5.91 Å². The molecule has 0 aromatic heterocycles. The molecule has 1 fully saturated rings. The summed E-state index contributed by atoms with van der Waals surface area (Å²) in [6.45, 7) is 2.26. The zero-order valence-corrected chi connectivity index (χ0v) is 16.7. The van der Waals surface area contributed by atoms with Crippen LogP contribution in [0.5, 0.6) is 0 Å². The molecule has 0 aliphatic carbocycles. The number of hydrogen-bond donors (Lipinski definition) is 1. The third kappa shape index (κ3) is 3.40. The van der Waals surface area contributed by atoms with Gasteiger partial charge in [0.1, 0.15) is 0 Å². The smallest absolute Gasteiger partial charge is 0.253 e. The molecule has 2 aromatic carbocycles. The molecule has 0 bridgehead atoms. The lowest BCUT2D eigenvalue weighted by atomic mass is 9.89. The summed E-state index contributed by atoms with van der Waals surface area (Å²) < 4.78 is 25.2. The fourth-order valence-corrected chi connectivity index (χ4v) is 5.34. The van der Waals surface area contributed by atoms with Crippen molar-refractivity contribution in [3.8, 4) is 0 Å². The van der Waals surface area contributed by atoms with Crippen molar-refractivity contribution < 1.29 is 13.2 Å². The number of nitrogens with two attached hydrogens (primary N) is 1. The SMILES string of the molecule is CS(=O)(=O)N1CCc2cc(C(=O)N3C[C@@H](CN)[C@H](c4ccccc4)C3)ccc21. The average molecular weight is 400 g/mol. The van der Waals surface area contributed by atoms with Crippen LogP contribution >= 0.6 is 0 Å². The number of likely N-dealkylation sites (tertiary alicyclic amines) is 1. The summed E-state index contributed by atoms with van der Waals surface area (Å²) in [6, 6.07) is 15.5. The van der Waals surface area contributed by atoms with E-state index in [-0.39, 0.29) is 17.7 Å². The first-order valence-electron chi connectivity index (χ1n) is 9.53. The molecule has 148 valence electrons. The Morgan fingerprint density at radius 1 is 1.14 bits per heavy atom. The lowest BCUT2D eigenvalue weighted by molar-refractivity contribution is 0.0786. The fourth-order valence-electron chi connectivity index (χ4n) is 4.39. The topological polar surface area (TPSA) is 83.7 Å². The normalized spacial score (nSPS) is 21.8. The van der Waals surface area contributed by atoms with Crippen LogP contribution in [-0.2, 0) is 16.4 Å². The molecular formula is C21H25N3O3S. The quantitative estimate of drug-likeness (QED) is 0.850. The molecule has 2 aromatic rings. The fraction of sp³-hybridized carbons (Fsp3) is 0.381. The first-order valence-corrected chi connectivity index (χ1v) is 11.4. The highest BCUT2D eigenvalue weighted by Crippen LogP contribution is 2.34. The number of rotatable bonds is 4. The molecule has 0 spiro atoms. The van der Waals surface area contributed by atoms with Gasteiger partial charge in [-0.25, -0.2) is 8.42 Å². The Balaban J connectivity index is 1.56. The summed E-state index contributed by atoms with van der Waals surface area (Å²) in [6.07, 6.45) is 1.84. The van der Waals surface area contributed by atoms with Gasteiger partial charge in [-0.2, -0.15) is 0 Å². The zero-order valence-electron chi connectivity index (χ0n) is 15.9. The number of fused-ring (bicyclic) bond motifs is 1. The highest BCUT2D eigenvalue weighted by atomic mass is 32.2. The van der Waals surface area contributed by atoms with Crippen LogP contribution in [0.25, 0.3) is 0 Å². The Morgan fingerprint density at radius 3 is 2.57 bits per heavy atom. The molecule has 28 heavy (non-hydrogen) atoms. The maximum absolute atomic E-state index is 13.1. The molecule has 2 aliphatic rings. The number of hydrogen-bond acceptors (Lipinski definition) is 4. The van der Waals surface area contributed by atoms with Gasteiger partial charge in [-0.05, 0) is 48.2 Å². The summed E-state index contributed by atoms with van der Waals surface area (Å²) >= 11 is 0. The van der Waals surface area contributed by atoms with Gasteiger partial charge in [0.2, 0.25) is 10.0 Å². The van der Waals surface area contributed by atoms with E-state index in [1.54, 1.807) is 12.1 Å². The van der Waals surface area contributed by atoms with Crippen LogP contribution in [0.15, 0.2) is 48.5 Å². The summed E-state index contributed by atoms with van der Waals surface area (Å²) in [5.74, 6) is 0.462. The van der Waals surface area contributed by atoms with Crippen LogP contribution in [0.4, 0.5) is 5.69 Å². The molecule has 0 radical (unpaired) electrons. The predicted octanol–water partition coefficient (Wildman–Crippen LogP) is 1.82. The van der Waals surface area contributed by atoms with Crippen molar-refractivity contribution >= 4 is 21.6 Å². The number of nitrogens with zero attached hydrogens (tertiary/aromatic N) is 2. The Kier molecular flexibility index (Phi) is 4.89. The Morgan fingerprint density at radius 2 is 1.89 bits per heavy atom. The predicted molar refractivity (Wildman–Crippen MR) is 110 cm³/mol. The van der Waals surface area contributed by atoms with Gasteiger partial charge < -0.3 is 10.6 Å². The standard InChI is InChI=1S/C21H25N3O3S/c1-28(26,27)24-10-9-16-11-17(7-8-20(16)24)21(25)23-13-18(12-22)19(14-23)15-5-3-2-4-6-15/h2-8,11,18-19H,9-10,12-14,22H2,1H3/t18-,19+/m1/s1. The number of amides is 1. The Hall–Kier alpha value is -2.38. The van der Waals surface area contributed by atoms with Crippen molar-refractivity contribution in [2.45, 2.75) is 12.3 Å². The molecular weight excluding hydrogens is 374 g/mol. The summed E-state index contributed by atoms with van der Waals surface area (Å²) in [5.41, 5.74) is 9.41. The van der Waals surface area contributed by atoms with Gasteiger partial charge in [-0.1, -0.05) is 30.3 Å². The third-order valence-electron chi connectivity index (χ3n) is 5.84. The van der Waals surface area contributed by atoms with Crippen molar-refractivity contribution in [1.82, 2.24) is 4.90 Å². The van der Waals surface area contributed by atoms with E-state index in [4.69, 9.17) is 5.73 Å². The van der Waals surface area contributed by atoms with Crippen LogP contribution in [-0.4, -0.2) is 51.7 Å². The van der Waals surface area contributed by atoms with Crippen molar-refractivity contribution in [3.05, 3.63) is 65.2 Å². The first-order chi connectivity index (χ1) is 13.4. The molecule has 6 nitrogen and oxygen atoms in total. The minimum absolute atomic E-state index is 0.0162.